The zero-order valence-corrected chi connectivity index (χ0v) is 12.0. The van der Waals surface area contributed by atoms with Gasteiger partial charge in [0.15, 0.2) is 0 Å². The van der Waals surface area contributed by atoms with Crippen molar-refractivity contribution in [3.05, 3.63) is 35.2 Å². The molecule has 1 aliphatic heterocycles. The normalized spacial score (nSPS) is 18.8. The van der Waals surface area contributed by atoms with Gasteiger partial charge in [0.25, 0.3) is 0 Å². The van der Waals surface area contributed by atoms with Gasteiger partial charge in [0.1, 0.15) is 0 Å². The maximum atomic E-state index is 11.9. The number of hydrogen-bond acceptors (Lipinski definition) is 4. The molecule has 0 radical (unpaired) electrons. The first-order valence-electron chi connectivity index (χ1n) is 6.50. The molecular weight excluding hydrogens is 274 g/mol. The van der Waals surface area contributed by atoms with Gasteiger partial charge in [0, 0.05) is 22.5 Å². The van der Waals surface area contributed by atoms with E-state index < -0.39 is 0 Å². The van der Waals surface area contributed by atoms with E-state index in [0.717, 1.165) is 4.88 Å². The molecule has 2 aromatic rings. The second-order valence-corrected chi connectivity index (χ2v) is 6.12. The van der Waals surface area contributed by atoms with Crippen LogP contribution in [0.25, 0.3) is 10.1 Å². The van der Waals surface area contributed by atoms with Crippen molar-refractivity contribution >= 4 is 33.3 Å². The van der Waals surface area contributed by atoms with E-state index in [1.54, 1.807) is 16.2 Å². The zero-order chi connectivity index (χ0) is 14.1. The van der Waals surface area contributed by atoms with Crippen LogP contribution in [0.5, 0.6) is 0 Å². The molecule has 1 aromatic heterocycles. The average molecular weight is 289 g/mol. The summed E-state index contributed by atoms with van der Waals surface area (Å²) >= 11 is 1.69. The number of carbonyl (C=O) groups excluding carboxylic acids is 2. The first-order valence-corrected chi connectivity index (χ1v) is 7.32. The van der Waals surface area contributed by atoms with Crippen molar-refractivity contribution in [3.63, 3.8) is 0 Å². The van der Waals surface area contributed by atoms with Crippen LogP contribution in [0.3, 0.4) is 0 Å². The van der Waals surface area contributed by atoms with Crippen molar-refractivity contribution in [3.8, 4) is 0 Å². The number of carbonyl (C=O) groups is 2. The lowest BCUT2D eigenvalue weighted by atomic mass is 10.1. The van der Waals surface area contributed by atoms with E-state index in [0.29, 0.717) is 13.1 Å². The van der Waals surface area contributed by atoms with Gasteiger partial charge >= 0.3 is 5.97 Å². The molecule has 0 N–H and O–H groups in total. The van der Waals surface area contributed by atoms with Crippen LogP contribution >= 0.6 is 11.3 Å². The van der Waals surface area contributed by atoms with Crippen molar-refractivity contribution in [2.45, 2.75) is 13.0 Å². The van der Waals surface area contributed by atoms with Crippen molar-refractivity contribution in [1.82, 2.24) is 4.90 Å². The van der Waals surface area contributed by atoms with Crippen LogP contribution in [0, 0.1) is 5.92 Å². The summed E-state index contributed by atoms with van der Waals surface area (Å²) in [7, 11) is 1.36. The SMILES string of the molecule is COC(=O)C1CC(=O)N(Cc2cc3ccccc3s2)C1. The highest BCUT2D eigenvalue weighted by molar-refractivity contribution is 7.19. The van der Waals surface area contributed by atoms with Crippen LogP contribution in [-0.4, -0.2) is 30.4 Å². The van der Waals surface area contributed by atoms with Crippen LogP contribution in [0.4, 0.5) is 0 Å². The summed E-state index contributed by atoms with van der Waals surface area (Å²) in [6.45, 7) is 1.03. The van der Waals surface area contributed by atoms with Gasteiger partial charge in [0.2, 0.25) is 5.91 Å². The summed E-state index contributed by atoms with van der Waals surface area (Å²) in [5.41, 5.74) is 0. The predicted octanol–water partition coefficient (Wildman–Crippen LogP) is 2.42. The van der Waals surface area contributed by atoms with E-state index in [1.165, 1.54) is 17.2 Å². The summed E-state index contributed by atoms with van der Waals surface area (Å²) in [6.07, 6.45) is 0.261. The fourth-order valence-electron chi connectivity index (χ4n) is 2.55. The zero-order valence-electron chi connectivity index (χ0n) is 11.2. The van der Waals surface area contributed by atoms with E-state index in [9.17, 15) is 9.59 Å². The maximum absolute atomic E-state index is 11.9. The standard InChI is InChI=1S/C15H15NO3S/c1-19-15(18)11-7-14(17)16(8-11)9-12-6-10-4-2-3-5-13(10)20-12/h2-6,11H,7-9H2,1H3. The van der Waals surface area contributed by atoms with Crippen LogP contribution in [0.15, 0.2) is 30.3 Å². The van der Waals surface area contributed by atoms with Gasteiger partial charge in [-0.15, -0.1) is 11.3 Å². The quantitative estimate of drug-likeness (QED) is 0.815. The lowest BCUT2D eigenvalue weighted by Gasteiger charge is -2.14. The van der Waals surface area contributed by atoms with Gasteiger partial charge in [0.05, 0.1) is 19.6 Å². The maximum Gasteiger partial charge on any atom is 0.310 e. The molecule has 3 rings (SSSR count). The Morgan fingerprint density at radius 1 is 1.45 bits per heavy atom. The van der Waals surface area contributed by atoms with Crippen molar-refractivity contribution < 1.29 is 14.3 Å². The molecule has 5 heteroatoms. The Morgan fingerprint density at radius 2 is 2.25 bits per heavy atom. The first-order chi connectivity index (χ1) is 9.67. The number of esters is 1. The third-order valence-electron chi connectivity index (χ3n) is 3.57. The Balaban J connectivity index is 1.74. The van der Waals surface area contributed by atoms with Gasteiger partial charge in [-0.05, 0) is 17.5 Å². The molecule has 1 unspecified atom stereocenters. The molecule has 20 heavy (non-hydrogen) atoms. The fraction of sp³-hybridized carbons (Fsp3) is 0.333. The van der Waals surface area contributed by atoms with Crippen molar-refractivity contribution in [2.75, 3.05) is 13.7 Å². The Hall–Kier alpha value is -1.88. The topological polar surface area (TPSA) is 46.6 Å². The fourth-order valence-corrected chi connectivity index (χ4v) is 3.63. The molecule has 0 aliphatic carbocycles. The Bertz CT molecular complexity index is 631. The number of nitrogens with zero attached hydrogens (tertiary/aromatic N) is 1. The predicted molar refractivity (Wildman–Crippen MR) is 77.4 cm³/mol. The number of methoxy groups -OCH3 is 1. The number of ether oxygens (including phenoxy) is 1. The van der Waals surface area contributed by atoms with Crippen LogP contribution < -0.4 is 0 Å². The third-order valence-corrected chi connectivity index (χ3v) is 4.67. The molecule has 1 aliphatic rings. The minimum absolute atomic E-state index is 0.0258. The monoisotopic (exact) mass is 289 g/mol. The highest BCUT2D eigenvalue weighted by Crippen LogP contribution is 2.28. The Labute approximate surface area is 120 Å². The number of rotatable bonds is 3. The largest absolute Gasteiger partial charge is 0.469 e. The highest BCUT2D eigenvalue weighted by Gasteiger charge is 2.35. The van der Waals surface area contributed by atoms with E-state index in [4.69, 9.17) is 4.74 Å². The molecule has 1 atom stereocenters. The first kappa shape index (κ1) is 13.1. The summed E-state index contributed by atoms with van der Waals surface area (Å²) in [4.78, 5) is 26.3. The van der Waals surface area contributed by atoms with E-state index in [2.05, 4.69) is 18.2 Å². The number of amides is 1. The minimum Gasteiger partial charge on any atom is -0.469 e. The van der Waals surface area contributed by atoms with Gasteiger partial charge in [-0.2, -0.15) is 0 Å². The van der Waals surface area contributed by atoms with Gasteiger partial charge < -0.3 is 9.64 Å². The summed E-state index contributed by atoms with van der Waals surface area (Å²) in [5, 5.41) is 1.20. The molecule has 1 saturated heterocycles. The number of hydrogen-bond donors (Lipinski definition) is 0. The lowest BCUT2D eigenvalue weighted by molar-refractivity contribution is -0.145. The summed E-state index contributed by atoms with van der Waals surface area (Å²) < 4.78 is 5.93. The molecule has 0 bridgehead atoms. The summed E-state index contributed by atoms with van der Waals surface area (Å²) in [6, 6.07) is 10.3. The highest BCUT2D eigenvalue weighted by atomic mass is 32.1. The lowest BCUT2D eigenvalue weighted by Crippen LogP contribution is -2.25. The third kappa shape index (κ3) is 2.41. The second kappa shape index (κ2) is 5.25. The molecule has 1 fully saturated rings. The van der Waals surface area contributed by atoms with E-state index >= 15 is 0 Å². The molecule has 4 nitrogen and oxygen atoms in total. The number of likely N-dealkylation sites (tertiary alicyclic amines) is 1. The van der Waals surface area contributed by atoms with Gasteiger partial charge in [-0.25, -0.2) is 0 Å². The van der Waals surface area contributed by atoms with Crippen LogP contribution in [-0.2, 0) is 20.9 Å². The number of thiophene rings is 1. The Morgan fingerprint density at radius 3 is 3.00 bits per heavy atom. The summed E-state index contributed by atoms with van der Waals surface area (Å²) in [5.74, 6) is -0.586. The number of fused-ring (bicyclic) bond motifs is 1. The molecule has 0 saturated carbocycles. The molecule has 104 valence electrons. The van der Waals surface area contributed by atoms with Gasteiger partial charge in [-0.3, -0.25) is 9.59 Å². The number of benzene rings is 1. The molecule has 2 heterocycles. The smallest absolute Gasteiger partial charge is 0.310 e. The van der Waals surface area contributed by atoms with Crippen molar-refractivity contribution in [2.24, 2.45) is 5.92 Å². The van der Waals surface area contributed by atoms with Gasteiger partial charge in [-0.1, -0.05) is 18.2 Å². The molecule has 1 amide bonds. The van der Waals surface area contributed by atoms with E-state index in [-0.39, 0.29) is 24.2 Å². The minimum atomic E-state index is -0.318. The Kier molecular flexibility index (Phi) is 3.44. The molecule has 1 aromatic carbocycles. The average Bonchev–Trinajstić information content (AvgIpc) is 3.02. The molecular formula is C15H15NO3S. The second-order valence-electron chi connectivity index (χ2n) is 4.95. The van der Waals surface area contributed by atoms with E-state index in [1.807, 2.05) is 12.1 Å². The van der Waals surface area contributed by atoms with Crippen molar-refractivity contribution in [1.29, 1.82) is 0 Å². The van der Waals surface area contributed by atoms with Crippen LogP contribution in [0.1, 0.15) is 11.3 Å². The van der Waals surface area contributed by atoms with Crippen LogP contribution in [0.2, 0.25) is 0 Å². The molecule has 0 spiro atoms.